The van der Waals surface area contributed by atoms with Crippen LogP contribution in [-0.4, -0.2) is 48.8 Å². The third kappa shape index (κ3) is 3.52. The first-order valence-electron chi connectivity index (χ1n) is 5.77. The summed E-state index contributed by atoms with van der Waals surface area (Å²) < 4.78 is 43.5. The zero-order chi connectivity index (χ0) is 14.1. The maximum atomic E-state index is 12.9. The van der Waals surface area contributed by atoms with Crippen LogP contribution in [0.2, 0.25) is 0 Å². The average Bonchev–Trinajstić information content (AvgIpc) is 2.54. The number of nitrogens with two attached hydrogens (primary N) is 1. The summed E-state index contributed by atoms with van der Waals surface area (Å²) >= 11 is 0. The first kappa shape index (κ1) is 18.5. The van der Waals surface area contributed by atoms with Gasteiger partial charge in [0.15, 0.2) is 0 Å². The van der Waals surface area contributed by atoms with Gasteiger partial charge in [0.05, 0.1) is 5.92 Å². The van der Waals surface area contributed by atoms with Crippen molar-refractivity contribution in [2.45, 2.75) is 38.1 Å². The van der Waals surface area contributed by atoms with Crippen molar-refractivity contribution in [2.75, 3.05) is 20.2 Å². The smallest absolute Gasteiger partial charge is 0.370 e. The number of hydrogen-bond donors (Lipinski definition) is 1. The van der Waals surface area contributed by atoms with Crippen LogP contribution in [-0.2, 0) is 9.53 Å². The lowest BCUT2D eigenvalue weighted by Gasteiger charge is -2.38. The maximum Gasteiger partial charge on any atom is 0.394 e. The monoisotopic (exact) mass is 304 g/mol. The summed E-state index contributed by atoms with van der Waals surface area (Å²) in [7, 11) is 1.32. The van der Waals surface area contributed by atoms with Crippen molar-refractivity contribution in [1.29, 1.82) is 0 Å². The van der Waals surface area contributed by atoms with E-state index in [2.05, 4.69) is 0 Å². The largest absolute Gasteiger partial charge is 0.394 e. The molecule has 8 heteroatoms. The van der Waals surface area contributed by atoms with Crippen molar-refractivity contribution >= 4 is 18.3 Å². The SMILES string of the molecule is COC(CN)C(=O)N1CCC(C(F)(F)F)C1(C)C.Cl. The zero-order valence-corrected chi connectivity index (χ0v) is 12.0. The highest BCUT2D eigenvalue weighted by molar-refractivity contribution is 5.85. The Hall–Kier alpha value is -0.530. The van der Waals surface area contributed by atoms with Crippen LogP contribution >= 0.6 is 12.4 Å². The van der Waals surface area contributed by atoms with Gasteiger partial charge in [-0.05, 0) is 20.3 Å². The van der Waals surface area contributed by atoms with Crippen molar-refractivity contribution in [3.63, 3.8) is 0 Å². The number of nitrogens with zero attached hydrogens (tertiary/aromatic N) is 1. The molecule has 0 aromatic carbocycles. The molecule has 0 aromatic rings. The summed E-state index contributed by atoms with van der Waals surface area (Å²) in [6.07, 6.45) is -5.26. The fourth-order valence-electron chi connectivity index (χ4n) is 2.52. The number of hydrogen-bond acceptors (Lipinski definition) is 3. The van der Waals surface area contributed by atoms with Gasteiger partial charge in [0.25, 0.3) is 5.91 Å². The van der Waals surface area contributed by atoms with Crippen molar-refractivity contribution in [3.05, 3.63) is 0 Å². The molecule has 1 amide bonds. The van der Waals surface area contributed by atoms with Gasteiger partial charge in [-0.25, -0.2) is 0 Å². The van der Waals surface area contributed by atoms with E-state index in [-0.39, 0.29) is 31.9 Å². The highest BCUT2D eigenvalue weighted by Crippen LogP contribution is 2.44. The molecular formula is C11H20ClF3N2O2. The predicted octanol–water partition coefficient (Wildman–Crippen LogP) is 1.57. The number of amides is 1. The van der Waals surface area contributed by atoms with E-state index in [4.69, 9.17) is 10.5 Å². The van der Waals surface area contributed by atoms with Gasteiger partial charge in [-0.2, -0.15) is 13.2 Å². The van der Waals surface area contributed by atoms with E-state index in [9.17, 15) is 18.0 Å². The molecule has 0 aliphatic carbocycles. The minimum absolute atomic E-state index is 0. The highest BCUT2D eigenvalue weighted by atomic mass is 35.5. The lowest BCUT2D eigenvalue weighted by atomic mass is 9.87. The van der Waals surface area contributed by atoms with Gasteiger partial charge < -0.3 is 15.4 Å². The maximum absolute atomic E-state index is 12.9. The van der Waals surface area contributed by atoms with E-state index >= 15 is 0 Å². The van der Waals surface area contributed by atoms with Crippen molar-refractivity contribution in [1.82, 2.24) is 4.90 Å². The van der Waals surface area contributed by atoms with Crippen molar-refractivity contribution in [3.8, 4) is 0 Å². The van der Waals surface area contributed by atoms with Crippen LogP contribution in [0.4, 0.5) is 13.2 Å². The normalized spacial score (nSPS) is 23.9. The predicted molar refractivity (Wildman–Crippen MR) is 67.1 cm³/mol. The summed E-state index contributed by atoms with van der Waals surface area (Å²) in [4.78, 5) is 13.3. The molecule has 2 atom stereocenters. The lowest BCUT2D eigenvalue weighted by Crippen LogP contribution is -2.54. The molecule has 1 saturated heterocycles. The minimum atomic E-state index is -4.30. The number of carbonyl (C=O) groups excluding carboxylic acids is 1. The van der Waals surface area contributed by atoms with Crippen LogP contribution < -0.4 is 5.73 Å². The molecule has 114 valence electrons. The molecule has 1 fully saturated rings. The quantitative estimate of drug-likeness (QED) is 0.861. The highest BCUT2D eigenvalue weighted by Gasteiger charge is 2.56. The Kier molecular flexibility index (Phi) is 6.10. The summed E-state index contributed by atoms with van der Waals surface area (Å²) in [6, 6.07) is 0. The summed E-state index contributed by atoms with van der Waals surface area (Å²) in [5, 5.41) is 0. The topological polar surface area (TPSA) is 55.6 Å². The van der Waals surface area contributed by atoms with E-state index in [0.29, 0.717) is 0 Å². The van der Waals surface area contributed by atoms with E-state index < -0.39 is 29.6 Å². The van der Waals surface area contributed by atoms with Crippen molar-refractivity contribution in [2.24, 2.45) is 11.7 Å². The number of rotatable bonds is 3. The van der Waals surface area contributed by atoms with Crippen LogP contribution in [0, 0.1) is 5.92 Å². The molecule has 0 aromatic heterocycles. The number of alkyl halides is 3. The molecule has 0 bridgehead atoms. The van der Waals surface area contributed by atoms with Crippen LogP contribution in [0.3, 0.4) is 0 Å². The first-order chi connectivity index (χ1) is 8.16. The average molecular weight is 305 g/mol. The number of ether oxygens (including phenoxy) is 1. The Morgan fingerprint density at radius 1 is 1.53 bits per heavy atom. The third-order valence-electron chi connectivity index (χ3n) is 3.62. The Bertz CT molecular complexity index is 320. The molecule has 19 heavy (non-hydrogen) atoms. The number of likely N-dealkylation sites (tertiary alicyclic amines) is 1. The molecule has 2 unspecified atom stereocenters. The van der Waals surface area contributed by atoms with Crippen LogP contribution in [0.15, 0.2) is 0 Å². The van der Waals surface area contributed by atoms with Gasteiger partial charge in [-0.3, -0.25) is 4.79 Å². The molecule has 1 aliphatic heterocycles. The fraction of sp³-hybridized carbons (Fsp3) is 0.909. The van der Waals surface area contributed by atoms with Gasteiger partial charge in [-0.1, -0.05) is 0 Å². The molecule has 2 N–H and O–H groups in total. The Morgan fingerprint density at radius 3 is 2.37 bits per heavy atom. The summed E-state index contributed by atoms with van der Waals surface area (Å²) in [5.41, 5.74) is 4.10. The first-order valence-corrected chi connectivity index (χ1v) is 5.77. The minimum Gasteiger partial charge on any atom is -0.370 e. The molecule has 1 rings (SSSR count). The van der Waals surface area contributed by atoms with Gasteiger partial charge >= 0.3 is 6.18 Å². The number of methoxy groups -OCH3 is 1. The lowest BCUT2D eigenvalue weighted by molar-refractivity contribution is -0.193. The van der Waals surface area contributed by atoms with Gasteiger partial charge in [0.2, 0.25) is 0 Å². The van der Waals surface area contributed by atoms with Crippen LogP contribution in [0.1, 0.15) is 20.3 Å². The zero-order valence-electron chi connectivity index (χ0n) is 11.2. The Labute approximate surface area is 116 Å². The third-order valence-corrected chi connectivity index (χ3v) is 3.62. The van der Waals surface area contributed by atoms with Gasteiger partial charge in [0, 0.05) is 25.7 Å². The Balaban J connectivity index is 0.00000324. The summed E-state index contributed by atoms with van der Waals surface area (Å²) in [6.45, 7) is 2.90. The molecule has 4 nitrogen and oxygen atoms in total. The second kappa shape index (κ2) is 6.28. The number of halogens is 4. The second-order valence-electron chi connectivity index (χ2n) is 4.99. The fourth-order valence-corrected chi connectivity index (χ4v) is 2.52. The van der Waals surface area contributed by atoms with E-state index in [0.717, 1.165) is 0 Å². The van der Waals surface area contributed by atoms with Gasteiger partial charge in [0.1, 0.15) is 6.10 Å². The van der Waals surface area contributed by atoms with Crippen LogP contribution in [0.25, 0.3) is 0 Å². The van der Waals surface area contributed by atoms with E-state index in [1.54, 1.807) is 0 Å². The molecule has 0 radical (unpaired) electrons. The molecule has 0 spiro atoms. The van der Waals surface area contributed by atoms with E-state index in [1.807, 2.05) is 0 Å². The second-order valence-corrected chi connectivity index (χ2v) is 4.99. The van der Waals surface area contributed by atoms with Crippen LogP contribution in [0.5, 0.6) is 0 Å². The molecule has 1 heterocycles. The standard InChI is InChI=1S/C11H19F3N2O2.ClH/c1-10(2)8(11(12,13)14)4-5-16(10)9(17)7(6-15)18-3;/h7-8H,4-6,15H2,1-3H3;1H. The molecular weight excluding hydrogens is 285 g/mol. The summed E-state index contributed by atoms with van der Waals surface area (Å²) in [5.74, 6) is -1.99. The molecule has 1 aliphatic rings. The number of carbonyl (C=O) groups is 1. The molecule has 0 saturated carbocycles. The van der Waals surface area contributed by atoms with Crippen molar-refractivity contribution < 1.29 is 22.7 Å². The van der Waals surface area contributed by atoms with E-state index in [1.165, 1.54) is 25.9 Å². The van der Waals surface area contributed by atoms with Gasteiger partial charge in [-0.15, -0.1) is 12.4 Å². The Morgan fingerprint density at radius 2 is 2.05 bits per heavy atom.